The van der Waals surface area contributed by atoms with Crippen LogP contribution in [0.2, 0.25) is 0 Å². The molecule has 0 saturated heterocycles. The van der Waals surface area contributed by atoms with E-state index >= 15 is 0 Å². The molecule has 2 atom stereocenters. The molecule has 0 aromatic rings. The van der Waals surface area contributed by atoms with E-state index in [0.29, 0.717) is 30.7 Å². The van der Waals surface area contributed by atoms with Crippen LogP contribution in [0.15, 0.2) is 12.2 Å². The molecule has 0 fully saturated rings. The molecule has 104 valence electrons. The summed E-state index contributed by atoms with van der Waals surface area (Å²) in [6.45, 7) is 5.78. The van der Waals surface area contributed by atoms with E-state index in [1.807, 2.05) is 0 Å². The van der Waals surface area contributed by atoms with Crippen molar-refractivity contribution in [2.24, 2.45) is 23.5 Å². The molecule has 1 aliphatic rings. The lowest BCUT2D eigenvalue weighted by Gasteiger charge is -2.20. The fourth-order valence-electron chi connectivity index (χ4n) is 2.56. The first-order chi connectivity index (χ1) is 8.61. The number of hydrogen-bond donors (Lipinski definition) is 2. The van der Waals surface area contributed by atoms with Crippen molar-refractivity contribution < 1.29 is 4.79 Å². The summed E-state index contributed by atoms with van der Waals surface area (Å²) in [5.74, 6) is 1.73. The lowest BCUT2D eigenvalue weighted by molar-refractivity contribution is -0.122. The van der Waals surface area contributed by atoms with Crippen LogP contribution in [0.1, 0.15) is 46.0 Å². The minimum absolute atomic E-state index is 0.167. The molecule has 18 heavy (non-hydrogen) atoms. The number of amides is 1. The van der Waals surface area contributed by atoms with Crippen molar-refractivity contribution in [3.63, 3.8) is 0 Å². The third-order valence-electron chi connectivity index (χ3n) is 3.58. The van der Waals surface area contributed by atoms with Gasteiger partial charge in [0, 0.05) is 13.0 Å². The summed E-state index contributed by atoms with van der Waals surface area (Å²) >= 11 is 0. The first-order valence-electron chi connectivity index (χ1n) is 7.23. The van der Waals surface area contributed by atoms with Crippen LogP contribution in [0.25, 0.3) is 0 Å². The smallest absolute Gasteiger partial charge is 0.220 e. The fraction of sp³-hybridized carbons (Fsp3) is 0.800. The summed E-state index contributed by atoms with van der Waals surface area (Å²) in [4.78, 5) is 11.9. The van der Waals surface area contributed by atoms with Crippen LogP contribution in [-0.4, -0.2) is 19.0 Å². The zero-order valence-electron chi connectivity index (χ0n) is 11.8. The Morgan fingerprint density at radius 3 is 2.78 bits per heavy atom. The molecule has 2 unspecified atom stereocenters. The maximum absolute atomic E-state index is 11.9. The minimum atomic E-state index is 0.167. The maximum Gasteiger partial charge on any atom is 0.220 e. The maximum atomic E-state index is 11.9. The van der Waals surface area contributed by atoms with Crippen molar-refractivity contribution in [2.45, 2.75) is 46.0 Å². The number of carbonyl (C=O) groups excluding carboxylic acids is 1. The number of nitrogens with one attached hydrogen (secondary N) is 1. The van der Waals surface area contributed by atoms with Crippen molar-refractivity contribution >= 4 is 5.91 Å². The van der Waals surface area contributed by atoms with Crippen LogP contribution >= 0.6 is 0 Å². The monoisotopic (exact) mass is 252 g/mol. The van der Waals surface area contributed by atoms with E-state index in [1.165, 1.54) is 6.42 Å². The molecule has 0 heterocycles. The van der Waals surface area contributed by atoms with Gasteiger partial charge in [0.15, 0.2) is 0 Å². The van der Waals surface area contributed by atoms with Gasteiger partial charge in [-0.3, -0.25) is 4.79 Å². The second-order valence-corrected chi connectivity index (χ2v) is 5.89. The Morgan fingerprint density at radius 2 is 2.22 bits per heavy atom. The zero-order valence-corrected chi connectivity index (χ0v) is 11.8. The standard InChI is InChI=1S/C15H28N2O/c1-12(2)8-14(10-16)9-15(18)17-11-13-6-4-3-5-7-13/h3-4,12-14H,5-11,16H2,1-2H3,(H,17,18). The summed E-state index contributed by atoms with van der Waals surface area (Å²) < 4.78 is 0. The molecule has 1 amide bonds. The Balaban J connectivity index is 2.21. The number of hydrogen-bond acceptors (Lipinski definition) is 2. The lowest BCUT2D eigenvalue weighted by atomic mass is 9.93. The van der Waals surface area contributed by atoms with Crippen molar-refractivity contribution in [1.82, 2.24) is 5.32 Å². The Morgan fingerprint density at radius 1 is 1.44 bits per heavy atom. The molecule has 3 heteroatoms. The first-order valence-corrected chi connectivity index (χ1v) is 7.23. The van der Waals surface area contributed by atoms with Gasteiger partial charge in [-0.2, -0.15) is 0 Å². The first kappa shape index (κ1) is 15.2. The molecule has 0 aromatic carbocycles. The average Bonchev–Trinajstić information content (AvgIpc) is 2.36. The van der Waals surface area contributed by atoms with E-state index < -0.39 is 0 Å². The number of allylic oxidation sites excluding steroid dienone is 2. The average molecular weight is 252 g/mol. The van der Waals surface area contributed by atoms with Crippen molar-refractivity contribution in [2.75, 3.05) is 13.1 Å². The van der Waals surface area contributed by atoms with Crippen LogP contribution in [0.4, 0.5) is 0 Å². The summed E-state index contributed by atoms with van der Waals surface area (Å²) in [6, 6.07) is 0. The van der Waals surface area contributed by atoms with Crippen LogP contribution in [0.5, 0.6) is 0 Å². The lowest BCUT2D eigenvalue weighted by Crippen LogP contribution is -2.32. The number of rotatable bonds is 7. The third kappa shape index (κ3) is 6.20. The van der Waals surface area contributed by atoms with Crippen LogP contribution < -0.4 is 11.1 Å². The summed E-state index contributed by atoms with van der Waals surface area (Å²) in [7, 11) is 0. The molecule has 1 aliphatic carbocycles. The van der Waals surface area contributed by atoms with Gasteiger partial charge in [0.25, 0.3) is 0 Å². The van der Waals surface area contributed by atoms with Gasteiger partial charge in [-0.25, -0.2) is 0 Å². The molecular formula is C15H28N2O. The van der Waals surface area contributed by atoms with Crippen molar-refractivity contribution in [1.29, 1.82) is 0 Å². The molecule has 0 radical (unpaired) electrons. The molecule has 3 nitrogen and oxygen atoms in total. The second-order valence-electron chi connectivity index (χ2n) is 5.89. The van der Waals surface area contributed by atoms with Gasteiger partial charge < -0.3 is 11.1 Å². The van der Waals surface area contributed by atoms with Gasteiger partial charge in [0.05, 0.1) is 0 Å². The topological polar surface area (TPSA) is 55.1 Å². The highest BCUT2D eigenvalue weighted by atomic mass is 16.1. The predicted molar refractivity (Wildman–Crippen MR) is 76.1 cm³/mol. The van der Waals surface area contributed by atoms with E-state index in [0.717, 1.165) is 25.8 Å². The SMILES string of the molecule is CC(C)CC(CN)CC(=O)NCC1CC=CCC1. The summed E-state index contributed by atoms with van der Waals surface area (Å²) in [6.07, 6.45) is 9.52. The molecule has 0 aromatic heterocycles. The minimum Gasteiger partial charge on any atom is -0.356 e. The highest BCUT2D eigenvalue weighted by Crippen LogP contribution is 2.17. The van der Waals surface area contributed by atoms with Crippen molar-refractivity contribution in [3.8, 4) is 0 Å². The highest BCUT2D eigenvalue weighted by molar-refractivity contribution is 5.76. The Hall–Kier alpha value is -0.830. The van der Waals surface area contributed by atoms with Gasteiger partial charge in [-0.05, 0) is 50.0 Å². The highest BCUT2D eigenvalue weighted by Gasteiger charge is 2.15. The number of nitrogens with two attached hydrogens (primary N) is 1. The molecule has 3 N–H and O–H groups in total. The molecule has 1 rings (SSSR count). The molecule has 0 aliphatic heterocycles. The van der Waals surface area contributed by atoms with Crippen LogP contribution in [-0.2, 0) is 4.79 Å². The van der Waals surface area contributed by atoms with Crippen LogP contribution in [0.3, 0.4) is 0 Å². The third-order valence-corrected chi connectivity index (χ3v) is 3.58. The molecule has 0 bridgehead atoms. The van der Waals surface area contributed by atoms with E-state index in [9.17, 15) is 4.79 Å². The van der Waals surface area contributed by atoms with E-state index in [2.05, 4.69) is 31.3 Å². The largest absolute Gasteiger partial charge is 0.356 e. The second kappa shape index (κ2) is 8.30. The molecule has 0 spiro atoms. The number of carbonyl (C=O) groups is 1. The van der Waals surface area contributed by atoms with Crippen molar-refractivity contribution in [3.05, 3.63) is 12.2 Å². The van der Waals surface area contributed by atoms with Gasteiger partial charge >= 0.3 is 0 Å². The molecule has 0 saturated carbocycles. The van der Waals surface area contributed by atoms with Gasteiger partial charge in [0.2, 0.25) is 5.91 Å². The molecular weight excluding hydrogens is 224 g/mol. The van der Waals surface area contributed by atoms with Gasteiger partial charge in [-0.15, -0.1) is 0 Å². The summed E-state index contributed by atoms with van der Waals surface area (Å²) in [5.41, 5.74) is 5.72. The Kier molecular flexibility index (Phi) is 7.02. The van der Waals surface area contributed by atoms with E-state index in [1.54, 1.807) is 0 Å². The van der Waals surface area contributed by atoms with E-state index in [4.69, 9.17) is 5.73 Å². The van der Waals surface area contributed by atoms with Gasteiger partial charge in [-0.1, -0.05) is 26.0 Å². The quantitative estimate of drug-likeness (QED) is 0.684. The van der Waals surface area contributed by atoms with Crippen LogP contribution in [0, 0.1) is 17.8 Å². The fourth-order valence-corrected chi connectivity index (χ4v) is 2.56. The summed E-state index contributed by atoms with van der Waals surface area (Å²) in [5, 5.41) is 3.06. The Bertz CT molecular complexity index is 274. The van der Waals surface area contributed by atoms with Gasteiger partial charge in [0.1, 0.15) is 0 Å². The Labute approximate surface area is 111 Å². The normalized spacial score (nSPS) is 21.0. The predicted octanol–water partition coefficient (Wildman–Crippen LogP) is 2.47. The van der Waals surface area contributed by atoms with E-state index in [-0.39, 0.29) is 5.91 Å². The zero-order chi connectivity index (χ0) is 13.4.